The fourth-order valence-corrected chi connectivity index (χ4v) is 4.07. The van der Waals surface area contributed by atoms with Crippen molar-refractivity contribution in [2.45, 2.75) is 22.1 Å². The van der Waals surface area contributed by atoms with Crippen molar-refractivity contribution < 1.29 is 35.8 Å². The molecule has 192 valence electrons. The molecule has 0 saturated carbocycles. The van der Waals surface area contributed by atoms with Gasteiger partial charge >= 0.3 is 12.4 Å². The lowest BCUT2D eigenvalue weighted by Gasteiger charge is -2.12. The van der Waals surface area contributed by atoms with Gasteiger partial charge in [-0.3, -0.25) is 0 Å². The lowest BCUT2D eigenvalue weighted by molar-refractivity contribution is -0.138. The molecule has 4 N–H and O–H groups in total. The number of halogens is 6. The summed E-state index contributed by atoms with van der Waals surface area (Å²) >= 11 is 1.39. The van der Waals surface area contributed by atoms with Crippen LogP contribution in [0.3, 0.4) is 0 Å². The number of hydrogen-bond acceptors (Lipinski definition) is 5. The molecule has 0 aliphatic heterocycles. The normalized spacial score (nSPS) is 11.8. The Balaban J connectivity index is 1.40. The molecule has 0 amide bonds. The summed E-state index contributed by atoms with van der Waals surface area (Å²) in [6, 6.07) is 19.3. The molecule has 37 heavy (non-hydrogen) atoms. The van der Waals surface area contributed by atoms with Crippen LogP contribution in [-0.2, 0) is 12.4 Å². The standard InChI is InChI=1S/C26H18F6N2O2S/c27-25(28,29)15-9-17(33)13-21(11-15)35-19-1-5-23(6-2-19)37-24-7-3-20(4-8-24)36-22-12-16(26(30,31)32)10-18(34)14-22/h1-14H,33-34H2. The van der Waals surface area contributed by atoms with E-state index < -0.39 is 23.5 Å². The van der Waals surface area contributed by atoms with E-state index in [4.69, 9.17) is 20.9 Å². The molecule has 4 aromatic carbocycles. The molecule has 0 atom stereocenters. The summed E-state index contributed by atoms with van der Waals surface area (Å²) < 4.78 is 89.0. The van der Waals surface area contributed by atoms with Crippen LogP contribution in [0.4, 0.5) is 37.7 Å². The molecular formula is C26H18F6N2O2S. The molecule has 0 aliphatic rings. The highest BCUT2D eigenvalue weighted by molar-refractivity contribution is 7.99. The van der Waals surface area contributed by atoms with Gasteiger partial charge in [0.25, 0.3) is 0 Å². The van der Waals surface area contributed by atoms with Crippen molar-refractivity contribution in [3.63, 3.8) is 0 Å². The summed E-state index contributed by atoms with van der Waals surface area (Å²) in [7, 11) is 0. The van der Waals surface area contributed by atoms with Gasteiger partial charge in [0.1, 0.15) is 23.0 Å². The Hall–Kier alpha value is -3.99. The molecule has 4 rings (SSSR count). The van der Waals surface area contributed by atoms with Crippen LogP contribution < -0.4 is 20.9 Å². The van der Waals surface area contributed by atoms with E-state index in [1.54, 1.807) is 48.5 Å². The molecule has 0 bridgehead atoms. The van der Waals surface area contributed by atoms with Crippen LogP contribution in [-0.4, -0.2) is 0 Å². The van der Waals surface area contributed by atoms with Crippen molar-refractivity contribution in [2.75, 3.05) is 11.5 Å². The highest BCUT2D eigenvalue weighted by Crippen LogP contribution is 2.37. The van der Waals surface area contributed by atoms with E-state index in [9.17, 15) is 26.3 Å². The second-order valence-corrected chi connectivity index (χ2v) is 8.97. The second kappa shape index (κ2) is 10.2. The molecule has 0 radical (unpaired) electrons. The monoisotopic (exact) mass is 536 g/mol. The molecule has 4 nitrogen and oxygen atoms in total. The van der Waals surface area contributed by atoms with Gasteiger partial charge in [0.2, 0.25) is 0 Å². The van der Waals surface area contributed by atoms with Gasteiger partial charge < -0.3 is 20.9 Å². The molecule has 0 aromatic heterocycles. The van der Waals surface area contributed by atoms with E-state index in [0.29, 0.717) is 11.5 Å². The van der Waals surface area contributed by atoms with Crippen LogP contribution in [0.5, 0.6) is 23.0 Å². The zero-order valence-electron chi connectivity index (χ0n) is 18.7. The Morgan fingerprint density at radius 3 is 1.16 bits per heavy atom. The smallest absolute Gasteiger partial charge is 0.416 e. The predicted octanol–water partition coefficient (Wildman–Crippen LogP) is 8.62. The molecule has 4 aromatic rings. The van der Waals surface area contributed by atoms with Gasteiger partial charge in [-0.1, -0.05) is 11.8 Å². The Kier molecular flexibility index (Phi) is 7.17. The van der Waals surface area contributed by atoms with E-state index in [-0.39, 0.29) is 22.9 Å². The van der Waals surface area contributed by atoms with E-state index in [2.05, 4.69) is 0 Å². The number of anilines is 2. The molecule has 0 saturated heterocycles. The summed E-state index contributed by atoms with van der Waals surface area (Å²) in [4.78, 5) is 1.63. The Bertz CT molecular complexity index is 1280. The maximum atomic E-state index is 13.0. The number of alkyl halides is 6. The first-order valence-corrected chi connectivity index (χ1v) is 11.4. The van der Waals surface area contributed by atoms with E-state index in [0.717, 1.165) is 34.1 Å². The molecule has 0 heterocycles. The maximum Gasteiger partial charge on any atom is 0.416 e. The number of ether oxygens (including phenoxy) is 2. The molecule has 0 fully saturated rings. The Labute approximate surface area is 211 Å². The van der Waals surface area contributed by atoms with Crippen LogP contribution in [0.1, 0.15) is 11.1 Å². The van der Waals surface area contributed by atoms with Crippen molar-refractivity contribution in [3.05, 3.63) is 96.1 Å². The van der Waals surface area contributed by atoms with E-state index in [1.807, 2.05) is 0 Å². The van der Waals surface area contributed by atoms with Crippen molar-refractivity contribution in [1.82, 2.24) is 0 Å². The van der Waals surface area contributed by atoms with Gasteiger partial charge in [-0.2, -0.15) is 26.3 Å². The largest absolute Gasteiger partial charge is 0.457 e. The number of rotatable bonds is 6. The summed E-state index contributed by atoms with van der Waals surface area (Å²) in [6.45, 7) is 0. The van der Waals surface area contributed by atoms with E-state index in [1.165, 1.54) is 23.9 Å². The number of nitrogens with two attached hydrogens (primary N) is 2. The van der Waals surface area contributed by atoms with Crippen LogP contribution in [0.2, 0.25) is 0 Å². The second-order valence-electron chi connectivity index (χ2n) is 7.83. The Morgan fingerprint density at radius 1 is 0.486 bits per heavy atom. The SMILES string of the molecule is Nc1cc(Oc2ccc(Sc3ccc(Oc4cc(N)cc(C(F)(F)F)c4)cc3)cc2)cc(C(F)(F)F)c1. The van der Waals surface area contributed by atoms with Crippen molar-refractivity contribution in [2.24, 2.45) is 0 Å². The van der Waals surface area contributed by atoms with E-state index >= 15 is 0 Å². The third-order valence-corrected chi connectivity index (χ3v) is 5.88. The summed E-state index contributed by atoms with van der Waals surface area (Å²) in [5, 5.41) is 0. The zero-order chi connectivity index (χ0) is 26.8. The van der Waals surface area contributed by atoms with Crippen LogP contribution >= 0.6 is 11.8 Å². The van der Waals surface area contributed by atoms with Crippen LogP contribution in [0.15, 0.2) is 94.7 Å². The molecule has 0 aliphatic carbocycles. The molecule has 0 unspecified atom stereocenters. The molecule has 0 spiro atoms. The number of nitrogen functional groups attached to an aromatic ring is 2. The highest BCUT2D eigenvalue weighted by Gasteiger charge is 2.32. The Morgan fingerprint density at radius 2 is 0.838 bits per heavy atom. The zero-order valence-corrected chi connectivity index (χ0v) is 19.5. The third kappa shape index (κ3) is 7.04. The van der Waals surface area contributed by atoms with Crippen molar-refractivity contribution in [3.8, 4) is 23.0 Å². The minimum Gasteiger partial charge on any atom is -0.457 e. The average Bonchev–Trinajstić information content (AvgIpc) is 2.80. The first kappa shape index (κ1) is 26.1. The first-order valence-electron chi connectivity index (χ1n) is 10.5. The maximum absolute atomic E-state index is 13.0. The predicted molar refractivity (Wildman–Crippen MR) is 129 cm³/mol. The van der Waals surface area contributed by atoms with Crippen LogP contribution in [0.25, 0.3) is 0 Å². The minimum absolute atomic E-state index is 0.0363. The first-order chi connectivity index (χ1) is 17.3. The van der Waals surface area contributed by atoms with Crippen LogP contribution in [0, 0.1) is 0 Å². The average molecular weight is 536 g/mol. The van der Waals surface area contributed by atoms with Gasteiger partial charge in [-0.25, -0.2) is 0 Å². The lowest BCUT2D eigenvalue weighted by Crippen LogP contribution is -2.06. The minimum atomic E-state index is -4.55. The van der Waals surface area contributed by atoms with Gasteiger partial charge in [0.15, 0.2) is 0 Å². The van der Waals surface area contributed by atoms with Gasteiger partial charge in [-0.05, 0) is 72.8 Å². The number of hydrogen-bond donors (Lipinski definition) is 2. The topological polar surface area (TPSA) is 70.5 Å². The summed E-state index contributed by atoms with van der Waals surface area (Å²) in [6.07, 6.45) is -9.09. The summed E-state index contributed by atoms with van der Waals surface area (Å²) in [5.74, 6) is 0.580. The highest BCUT2D eigenvalue weighted by atomic mass is 32.2. The fraction of sp³-hybridized carbons (Fsp3) is 0.0769. The van der Waals surface area contributed by atoms with Gasteiger partial charge in [-0.15, -0.1) is 0 Å². The molecular weight excluding hydrogens is 518 g/mol. The quantitative estimate of drug-likeness (QED) is 0.191. The van der Waals surface area contributed by atoms with Gasteiger partial charge in [0.05, 0.1) is 11.1 Å². The molecule has 11 heteroatoms. The number of benzene rings is 4. The third-order valence-electron chi connectivity index (χ3n) is 4.87. The van der Waals surface area contributed by atoms with Crippen molar-refractivity contribution in [1.29, 1.82) is 0 Å². The fourth-order valence-electron chi connectivity index (χ4n) is 3.25. The lowest BCUT2D eigenvalue weighted by atomic mass is 10.2. The van der Waals surface area contributed by atoms with Gasteiger partial charge in [0, 0.05) is 33.3 Å². The summed E-state index contributed by atoms with van der Waals surface area (Å²) in [5.41, 5.74) is 9.18. The van der Waals surface area contributed by atoms with Crippen molar-refractivity contribution >= 4 is 23.1 Å².